The van der Waals surface area contributed by atoms with E-state index in [9.17, 15) is 9.59 Å². The number of benzene rings is 1. The van der Waals surface area contributed by atoms with Gasteiger partial charge in [-0.25, -0.2) is 4.68 Å². The van der Waals surface area contributed by atoms with Crippen LogP contribution in [0, 0.1) is 6.92 Å². The van der Waals surface area contributed by atoms with Crippen molar-refractivity contribution in [3.05, 3.63) is 57.0 Å². The predicted molar refractivity (Wildman–Crippen MR) is 106 cm³/mol. The maximum atomic E-state index is 12.3. The Bertz CT molecular complexity index is 905. The third kappa shape index (κ3) is 5.03. The van der Waals surface area contributed by atoms with E-state index in [1.807, 2.05) is 20.8 Å². The van der Waals surface area contributed by atoms with E-state index in [2.05, 4.69) is 21.3 Å². The third-order valence-corrected chi connectivity index (χ3v) is 3.71. The molecule has 0 radical (unpaired) electrons. The second-order valence-corrected chi connectivity index (χ2v) is 7.46. The van der Waals surface area contributed by atoms with Gasteiger partial charge in [-0.3, -0.25) is 20.4 Å². The van der Waals surface area contributed by atoms with Crippen LogP contribution >= 0.6 is 23.8 Å². The topological polar surface area (TPSA) is 88.1 Å². The minimum absolute atomic E-state index is 0.226. The zero-order chi connectivity index (χ0) is 19.5. The Morgan fingerprint density at radius 2 is 1.88 bits per heavy atom. The van der Waals surface area contributed by atoms with Crippen LogP contribution in [-0.2, 0) is 0 Å². The van der Waals surface area contributed by atoms with E-state index in [1.54, 1.807) is 31.2 Å². The first-order valence-electron chi connectivity index (χ1n) is 7.83. The molecule has 7 nitrogen and oxygen atoms in total. The molecule has 1 aromatic heterocycles. The molecule has 2 aromatic rings. The standard InChI is InChI=1S/C17H20ClN5O2S/c1-10-9-13(24)14(15(25)20-21-16(26)19-17(2,3)4)22-23(10)12-8-6-5-7-11(12)18/h5-9H,1-4H3,(H,20,25)(H2,19,21,26). The monoisotopic (exact) mass is 393 g/mol. The van der Waals surface area contributed by atoms with Gasteiger partial charge in [-0.15, -0.1) is 0 Å². The number of hydrogen-bond donors (Lipinski definition) is 3. The summed E-state index contributed by atoms with van der Waals surface area (Å²) in [6.45, 7) is 7.48. The Hall–Kier alpha value is -2.45. The molecule has 26 heavy (non-hydrogen) atoms. The number of aryl methyl sites for hydroxylation is 1. The molecule has 1 aromatic carbocycles. The van der Waals surface area contributed by atoms with Crippen molar-refractivity contribution in [3.63, 3.8) is 0 Å². The second kappa shape index (κ2) is 7.84. The first-order chi connectivity index (χ1) is 12.1. The number of carbonyl (C=O) groups excluding carboxylic acids is 1. The average molecular weight is 394 g/mol. The van der Waals surface area contributed by atoms with Gasteiger partial charge >= 0.3 is 0 Å². The van der Waals surface area contributed by atoms with Crippen LogP contribution in [0.4, 0.5) is 0 Å². The molecule has 0 saturated heterocycles. The van der Waals surface area contributed by atoms with Crippen molar-refractivity contribution >= 4 is 34.8 Å². The molecule has 0 atom stereocenters. The first kappa shape index (κ1) is 19.9. The van der Waals surface area contributed by atoms with Crippen molar-refractivity contribution in [1.82, 2.24) is 25.9 Å². The molecule has 138 valence electrons. The third-order valence-electron chi connectivity index (χ3n) is 3.18. The van der Waals surface area contributed by atoms with Crippen LogP contribution in [0.1, 0.15) is 37.0 Å². The lowest BCUT2D eigenvalue weighted by molar-refractivity contribution is 0.0935. The Balaban J connectivity index is 2.26. The maximum absolute atomic E-state index is 12.3. The number of carbonyl (C=O) groups is 1. The Labute approximate surface area is 161 Å². The van der Waals surface area contributed by atoms with Gasteiger partial charge < -0.3 is 5.32 Å². The SMILES string of the molecule is Cc1cc(=O)c(C(=O)NNC(=S)NC(C)(C)C)nn1-c1ccccc1Cl. The molecule has 0 aliphatic rings. The van der Waals surface area contributed by atoms with Crippen LogP contribution in [0.15, 0.2) is 35.1 Å². The highest BCUT2D eigenvalue weighted by molar-refractivity contribution is 7.80. The number of hydrogen-bond acceptors (Lipinski definition) is 4. The van der Waals surface area contributed by atoms with E-state index >= 15 is 0 Å². The van der Waals surface area contributed by atoms with Crippen molar-refractivity contribution in [2.75, 3.05) is 0 Å². The molecular weight excluding hydrogens is 374 g/mol. The molecule has 0 spiro atoms. The molecular formula is C17H20ClN5O2S. The average Bonchev–Trinajstić information content (AvgIpc) is 2.52. The number of para-hydroxylation sites is 1. The van der Waals surface area contributed by atoms with Crippen molar-refractivity contribution in [2.24, 2.45) is 0 Å². The lowest BCUT2D eigenvalue weighted by Crippen LogP contribution is -2.52. The fourth-order valence-electron chi connectivity index (χ4n) is 2.12. The van der Waals surface area contributed by atoms with E-state index in [1.165, 1.54) is 10.7 Å². The number of rotatable bonds is 2. The van der Waals surface area contributed by atoms with Gasteiger partial charge in [-0.1, -0.05) is 23.7 Å². The highest BCUT2D eigenvalue weighted by Gasteiger charge is 2.17. The molecule has 0 bridgehead atoms. The van der Waals surface area contributed by atoms with Crippen LogP contribution in [0.2, 0.25) is 5.02 Å². The van der Waals surface area contributed by atoms with Gasteiger partial charge in [-0.05, 0) is 52.0 Å². The van der Waals surface area contributed by atoms with Gasteiger partial charge in [-0.2, -0.15) is 5.10 Å². The normalized spacial score (nSPS) is 11.0. The summed E-state index contributed by atoms with van der Waals surface area (Å²) in [6.07, 6.45) is 0. The minimum Gasteiger partial charge on any atom is -0.357 e. The number of nitrogens with one attached hydrogen (secondary N) is 3. The van der Waals surface area contributed by atoms with E-state index in [-0.39, 0.29) is 16.3 Å². The summed E-state index contributed by atoms with van der Waals surface area (Å²) in [5, 5.41) is 7.82. The first-order valence-corrected chi connectivity index (χ1v) is 8.61. The van der Waals surface area contributed by atoms with Crippen LogP contribution in [0.5, 0.6) is 0 Å². The van der Waals surface area contributed by atoms with Gasteiger partial charge in [0.2, 0.25) is 5.43 Å². The van der Waals surface area contributed by atoms with E-state index in [0.29, 0.717) is 16.4 Å². The molecule has 0 saturated carbocycles. The number of nitrogens with zero attached hydrogens (tertiary/aromatic N) is 2. The lowest BCUT2D eigenvalue weighted by atomic mass is 10.1. The van der Waals surface area contributed by atoms with Crippen molar-refractivity contribution in [1.29, 1.82) is 0 Å². The van der Waals surface area contributed by atoms with Crippen LogP contribution in [-0.4, -0.2) is 26.3 Å². The fraction of sp³-hybridized carbons (Fsp3) is 0.294. The minimum atomic E-state index is -0.700. The summed E-state index contributed by atoms with van der Waals surface area (Å²) in [4.78, 5) is 24.5. The van der Waals surface area contributed by atoms with E-state index in [0.717, 1.165) is 0 Å². The number of amides is 1. The van der Waals surface area contributed by atoms with Crippen LogP contribution in [0.3, 0.4) is 0 Å². The quantitative estimate of drug-likeness (QED) is 0.535. The highest BCUT2D eigenvalue weighted by atomic mass is 35.5. The predicted octanol–water partition coefficient (Wildman–Crippen LogP) is 2.10. The zero-order valence-corrected chi connectivity index (χ0v) is 16.5. The van der Waals surface area contributed by atoms with Gasteiger partial charge in [0, 0.05) is 17.3 Å². The van der Waals surface area contributed by atoms with Crippen molar-refractivity contribution in [3.8, 4) is 5.69 Å². The highest BCUT2D eigenvalue weighted by Crippen LogP contribution is 2.19. The molecule has 0 aliphatic heterocycles. The number of thiocarbonyl (C=S) groups is 1. The summed E-state index contributed by atoms with van der Waals surface area (Å²) in [6, 6.07) is 8.35. The Kier molecular flexibility index (Phi) is 5.99. The molecule has 0 aliphatic carbocycles. The molecule has 9 heteroatoms. The van der Waals surface area contributed by atoms with Gasteiger partial charge in [0.25, 0.3) is 5.91 Å². The Morgan fingerprint density at radius 1 is 1.23 bits per heavy atom. The molecule has 3 N–H and O–H groups in total. The fourth-order valence-corrected chi connectivity index (χ4v) is 2.69. The number of aromatic nitrogens is 2. The molecule has 2 rings (SSSR count). The van der Waals surface area contributed by atoms with Gasteiger partial charge in [0.15, 0.2) is 10.8 Å². The molecule has 1 heterocycles. The van der Waals surface area contributed by atoms with E-state index < -0.39 is 11.3 Å². The van der Waals surface area contributed by atoms with Crippen molar-refractivity contribution in [2.45, 2.75) is 33.2 Å². The largest absolute Gasteiger partial charge is 0.357 e. The molecule has 0 fully saturated rings. The lowest BCUT2D eigenvalue weighted by Gasteiger charge is -2.23. The smallest absolute Gasteiger partial charge is 0.294 e. The van der Waals surface area contributed by atoms with E-state index in [4.69, 9.17) is 23.8 Å². The maximum Gasteiger partial charge on any atom is 0.294 e. The van der Waals surface area contributed by atoms with Crippen LogP contribution < -0.4 is 21.6 Å². The van der Waals surface area contributed by atoms with Gasteiger partial charge in [0.05, 0.1) is 10.7 Å². The van der Waals surface area contributed by atoms with Crippen LogP contribution in [0.25, 0.3) is 5.69 Å². The summed E-state index contributed by atoms with van der Waals surface area (Å²) in [5.74, 6) is -0.700. The second-order valence-electron chi connectivity index (χ2n) is 6.65. The summed E-state index contributed by atoms with van der Waals surface area (Å²) < 4.78 is 1.45. The summed E-state index contributed by atoms with van der Waals surface area (Å²) >= 11 is 11.3. The number of halogens is 1. The Morgan fingerprint density at radius 3 is 2.50 bits per heavy atom. The van der Waals surface area contributed by atoms with Crippen molar-refractivity contribution < 1.29 is 4.79 Å². The molecule has 1 amide bonds. The van der Waals surface area contributed by atoms with Gasteiger partial charge in [0.1, 0.15) is 0 Å². The molecule has 0 unspecified atom stereocenters. The number of hydrazine groups is 1. The zero-order valence-electron chi connectivity index (χ0n) is 14.9. The summed E-state index contributed by atoms with van der Waals surface area (Å²) in [7, 11) is 0. The summed E-state index contributed by atoms with van der Waals surface area (Å²) in [5.41, 5.74) is 5.00.